The summed E-state index contributed by atoms with van der Waals surface area (Å²) in [6.45, 7) is 2.50. The maximum Gasteiger partial charge on any atom is 0.335 e. The lowest BCUT2D eigenvalue weighted by Gasteiger charge is -2.19. The molecule has 1 unspecified atom stereocenters. The summed E-state index contributed by atoms with van der Waals surface area (Å²) in [5, 5.41) is 22.6. The van der Waals surface area contributed by atoms with Gasteiger partial charge in [0.2, 0.25) is 0 Å². The molecule has 0 bridgehead atoms. The van der Waals surface area contributed by atoms with Gasteiger partial charge >= 0.3 is 5.97 Å². The summed E-state index contributed by atoms with van der Waals surface area (Å²) in [7, 11) is 0. The zero-order chi connectivity index (χ0) is 15.1. The van der Waals surface area contributed by atoms with E-state index in [0.717, 1.165) is 23.9 Å². The second-order valence-electron chi connectivity index (χ2n) is 5.26. The van der Waals surface area contributed by atoms with Gasteiger partial charge in [0.25, 0.3) is 0 Å². The molecule has 1 aliphatic heterocycles. The molecule has 2 aromatic rings. The van der Waals surface area contributed by atoms with Crippen molar-refractivity contribution in [2.75, 3.05) is 19.7 Å². The first-order valence-corrected chi connectivity index (χ1v) is 7.24. The minimum atomic E-state index is -0.884. The number of nitrogens with one attached hydrogen (secondary N) is 1. The number of aliphatic hydroxyl groups is 1. The lowest BCUT2D eigenvalue weighted by atomic mass is 10.0. The monoisotopic (exact) mass is 287 g/mol. The molecular weight excluding hydrogens is 266 g/mol. The second kappa shape index (κ2) is 7.76. The number of carboxylic acids is 1. The van der Waals surface area contributed by atoms with Crippen LogP contribution in [0.25, 0.3) is 10.8 Å². The third-order valence-corrected chi connectivity index (χ3v) is 3.65. The van der Waals surface area contributed by atoms with E-state index in [1.807, 2.05) is 30.3 Å². The normalized spacial score (nSPS) is 17.9. The highest BCUT2D eigenvalue weighted by Crippen LogP contribution is 2.15. The van der Waals surface area contributed by atoms with E-state index in [2.05, 4.69) is 5.32 Å². The predicted octanol–water partition coefficient (Wildman–Crippen LogP) is 2.52. The topological polar surface area (TPSA) is 69.6 Å². The molecule has 0 amide bonds. The summed E-state index contributed by atoms with van der Waals surface area (Å²) >= 11 is 0. The Balaban J connectivity index is 0.000000173. The molecule has 1 aliphatic rings. The number of aliphatic hydroxyl groups excluding tert-OH is 1. The Morgan fingerprint density at radius 1 is 1.19 bits per heavy atom. The highest BCUT2D eigenvalue weighted by Gasteiger charge is 2.09. The molecule has 0 spiro atoms. The number of benzene rings is 2. The van der Waals surface area contributed by atoms with Crippen LogP contribution in [0.1, 0.15) is 23.2 Å². The quantitative estimate of drug-likeness (QED) is 0.794. The van der Waals surface area contributed by atoms with E-state index in [4.69, 9.17) is 10.2 Å². The molecule has 3 rings (SSSR count). The maximum atomic E-state index is 10.6. The number of hydrogen-bond acceptors (Lipinski definition) is 3. The molecule has 0 aliphatic carbocycles. The lowest BCUT2D eigenvalue weighted by Crippen LogP contribution is -2.31. The van der Waals surface area contributed by atoms with Crippen LogP contribution in [0.3, 0.4) is 0 Å². The molecule has 1 atom stereocenters. The number of hydrogen-bond donors (Lipinski definition) is 3. The van der Waals surface area contributed by atoms with Crippen molar-refractivity contribution >= 4 is 16.7 Å². The van der Waals surface area contributed by atoms with Gasteiger partial charge in [-0.05, 0) is 48.2 Å². The SMILES string of the molecule is O=C(O)c1ccc2ccccc2c1.OCC1CCCNC1. The first-order valence-electron chi connectivity index (χ1n) is 7.24. The van der Waals surface area contributed by atoms with E-state index >= 15 is 0 Å². The zero-order valence-corrected chi connectivity index (χ0v) is 12.0. The van der Waals surface area contributed by atoms with Crippen LogP contribution in [0.4, 0.5) is 0 Å². The second-order valence-corrected chi connectivity index (χ2v) is 5.26. The van der Waals surface area contributed by atoms with Crippen LogP contribution < -0.4 is 5.32 Å². The van der Waals surface area contributed by atoms with E-state index in [1.165, 1.54) is 12.8 Å². The smallest absolute Gasteiger partial charge is 0.335 e. The Kier molecular flexibility index (Phi) is 5.72. The fraction of sp³-hybridized carbons (Fsp3) is 0.353. The van der Waals surface area contributed by atoms with Gasteiger partial charge in [0.15, 0.2) is 0 Å². The molecule has 0 radical (unpaired) electrons. The van der Waals surface area contributed by atoms with Crippen LogP contribution in [0, 0.1) is 5.92 Å². The van der Waals surface area contributed by atoms with Crippen LogP contribution in [0.2, 0.25) is 0 Å². The Morgan fingerprint density at radius 3 is 2.52 bits per heavy atom. The van der Waals surface area contributed by atoms with E-state index < -0.39 is 5.97 Å². The average Bonchev–Trinajstić information content (AvgIpc) is 2.55. The summed E-state index contributed by atoms with van der Waals surface area (Å²) in [5.74, 6) is -0.352. The van der Waals surface area contributed by atoms with E-state index in [9.17, 15) is 4.79 Å². The molecule has 0 aromatic heterocycles. The van der Waals surface area contributed by atoms with Crippen LogP contribution in [0.15, 0.2) is 42.5 Å². The van der Waals surface area contributed by atoms with Gasteiger partial charge in [-0.25, -0.2) is 4.79 Å². The van der Waals surface area contributed by atoms with Crippen molar-refractivity contribution in [3.63, 3.8) is 0 Å². The Labute approximate surface area is 124 Å². The van der Waals surface area contributed by atoms with Gasteiger partial charge in [0.05, 0.1) is 5.56 Å². The van der Waals surface area contributed by atoms with Crippen molar-refractivity contribution in [1.82, 2.24) is 5.32 Å². The minimum Gasteiger partial charge on any atom is -0.478 e. The third-order valence-electron chi connectivity index (χ3n) is 3.65. The summed E-state index contributed by atoms with van der Waals surface area (Å²) in [6, 6.07) is 12.8. The van der Waals surface area contributed by atoms with E-state index in [0.29, 0.717) is 18.1 Å². The van der Waals surface area contributed by atoms with Gasteiger partial charge in [-0.15, -0.1) is 0 Å². The summed E-state index contributed by atoms with van der Waals surface area (Å²) in [4.78, 5) is 10.6. The fourth-order valence-electron chi connectivity index (χ4n) is 2.40. The van der Waals surface area contributed by atoms with Crippen molar-refractivity contribution in [1.29, 1.82) is 0 Å². The van der Waals surface area contributed by atoms with Gasteiger partial charge in [-0.3, -0.25) is 0 Å². The Hall–Kier alpha value is -1.91. The van der Waals surface area contributed by atoms with Crippen molar-refractivity contribution in [2.24, 2.45) is 5.92 Å². The molecule has 0 saturated carbocycles. The molecule has 21 heavy (non-hydrogen) atoms. The highest BCUT2D eigenvalue weighted by atomic mass is 16.4. The number of aromatic carboxylic acids is 1. The summed E-state index contributed by atoms with van der Waals surface area (Å²) in [5.41, 5.74) is 0.332. The van der Waals surface area contributed by atoms with Crippen molar-refractivity contribution in [2.45, 2.75) is 12.8 Å². The van der Waals surface area contributed by atoms with Gasteiger partial charge in [0.1, 0.15) is 0 Å². The van der Waals surface area contributed by atoms with Crippen molar-refractivity contribution < 1.29 is 15.0 Å². The van der Waals surface area contributed by atoms with Gasteiger partial charge in [-0.2, -0.15) is 0 Å². The molecule has 112 valence electrons. The summed E-state index contributed by atoms with van der Waals surface area (Å²) in [6.07, 6.45) is 2.43. The van der Waals surface area contributed by atoms with Crippen LogP contribution in [0.5, 0.6) is 0 Å². The van der Waals surface area contributed by atoms with E-state index in [1.54, 1.807) is 12.1 Å². The Morgan fingerprint density at radius 2 is 1.95 bits per heavy atom. The molecule has 4 heteroatoms. The maximum absolute atomic E-state index is 10.6. The molecule has 2 aromatic carbocycles. The molecule has 3 N–H and O–H groups in total. The number of rotatable bonds is 2. The standard InChI is InChI=1S/C11H8O2.C6H13NO/c12-11(13)10-6-5-8-3-1-2-4-9(8)7-10;8-5-6-2-1-3-7-4-6/h1-7H,(H,12,13);6-8H,1-5H2. The van der Waals surface area contributed by atoms with Gasteiger partial charge < -0.3 is 15.5 Å². The number of fused-ring (bicyclic) bond motifs is 1. The Bertz CT molecular complexity index is 591. The molecule has 4 nitrogen and oxygen atoms in total. The third kappa shape index (κ3) is 4.55. The van der Waals surface area contributed by atoms with Crippen molar-refractivity contribution in [3.05, 3.63) is 48.0 Å². The number of piperidine rings is 1. The molecule has 1 saturated heterocycles. The number of carboxylic acid groups (broad SMARTS) is 1. The summed E-state index contributed by atoms with van der Waals surface area (Å²) < 4.78 is 0. The largest absolute Gasteiger partial charge is 0.478 e. The molecular formula is C17H21NO3. The van der Waals surface area contributed by atoms with Crippen LogP contribution in [-0.4, -0.2) is 35.9 Å². The van der Waals surface area contributed by atoms with Crippen LogP contribution in [-0.2, 0) is 0 Å². The van der Waals surface area contributed by atoms with Crippen LogP contribution >= 0.6 is 0 Å². The zero-order valence-electron chi connectivity index (χ0n) is 12.0. The lowest BCUT2D eigenvalue weighted by molar-refractivity contribution is 0.0697. The number of carbonyl (C=O) groups is 1. The van der Waals surface area contributed by atoms with Gasteiger partial charge in [0, 0.05) is 13.2 Å². The highest BCUT2D eigenvalue weighted by molar-refractivity contribution is 5.94. The first-order chi connectivity index (χ1) is 10.2. The average molecular weight is 287 g/mol. The predicted molar refractivity (Wildman–Crippen MR) is 83.6 cm³/mol. The molecule has 1 heterocycles. The van der Waals surface area contributed by atoms with E-state index in [-0.39, 0.29) is 0 Å². The fourth-order valence-corrected chi connectivity index (χ4v) is 2.40. The molecule has 1 fully saturated rings. The first kappa shape index (κ1) is 15.5. The minimum absolute atomic E-state index is 0.332. The van der Waals surface area contributed by atoms with Gasteiger partial charge in [-0.1, -0.05) is 30.3 Å². The van der Waals surface area contributed by atoms with Crippen molar-refractivity contribution in [3.8, 4) is 0 Å².